The number of carbonyl (C=O) groups is 1. The van der Waals surface area contributed by atoms with Crippen LogP contribution in [0.1, 0.15) is 24.8 Å². The van der Waals surface area contributed by atoms with Crippen molar-refractivity contribution in [2.45, 2.75) is 31.1 Å². The van der Waals surface area contributed by atoms with Gasteiger partial charge in [-0.05, 0) is 55.7 Å². The zero-order chi connectivity index (χ0) is 22.3. The number of rotatable bonds is 9. The van der Waals surface area contributed by atoms with Crippen LogP contribution in [0.4, 0.5) is 5.69 Å². The van der Waals surface area contributed by atoms with Crippen molar-refractivity contribution in [3.63, 3.8) is 0 Å². The van der Waals surface area contributed by atoms with Gasteiger partial charge in [-0.15, -0.1) is 0 Å². The van der Waals surface area contributed by atoms with E-state index in [1.165, 1.54) is 16.4 Å². The van der Waals surface area contributed by atoms with Gasteiger partial charge in [-0.2, -0.15) is 4.31 Å². The average molecular weight is 467 g/mol. The van der Waals surface area contributed by atoms with Crippen LogP contribution in [0.5, 0.6) is 5.75 Å². The minimum Gasteiger partial charge on any atom is -0.494 e. The van der Waals surface area contributed by atoms with Gasteiger partial charge in [0, 0.05) is 25.2 Å². The van der Waals surface area contributed by atoms with Crippen LogP contribution in [0.25, 0.3) is 0 Å². The van der Waals surface area contributed by atoms with E-state index in [1.54, 1.807) is 6.07 Å². The number of ether oxygens (including phenoxy) is 2. The van der Waals surface area contributed by atoms with Gasteiger partial charge in [0.15, 0.2) is 0 Å². The van der Waals surface area contributed by atoms with E-state index < -0.39 is 10.0 Å². The number of nitrogens with one attached hydrogen (secondary N) is 1. The number of hydrogen-bond donors (Lipinski definition) is 1. The zero-order valence-electron chi connectivity index (χ0n) is 17.5. The highest BCUT2D eigenvalue weighted by molar-refractivity contribution is 7.89. The first-order valence-electron chi connectivity index (χ1n) is 10.2. The van der Waals surface area contributed by atoms with E-state index in [2.05, 4.69) is 5.32 Å². The molecular formula is C22H27ClN2O5S. The molecular weight excluding hydrogens is 440 g/mol. The van der Waals surface area contributed by atoms with Crippen LogP contribution < -0.4 is 10.1 Å². The number of unbranched alkanes of at least 4 members (excludes halogenated alkanes) is 1. The van der Waals surface area contributed by atoms with Crippen LogP contribution in [-0.2, 0) is 19.6 Å². The molecule has 0 aromatic heterocycles. The van der Waals surface area contributed by atoms with E-state index in [0.29, 0.717) is 38.3 Å². The van der Waals surface area contributed by atoms with Gasteiger partial charge in [0.1, 0.15) is 10.6 Å². The van der Waals surface area contributed by atoms with Gasteiger partial charge in [-0.25, -0.2) is 8.42 Å². The minimum atomic E-state index is -3.75. The molecule has 1 heterocycles. The summed E-state index contributed by atoms with van der Waals surface area (Å²) in [4.78, 5) is 12.3. The van der Waals surface area contributed by atoms with Crippen LogP contribution in [0.3, 0.4) is 0 Å². The quantitative estimate of drug-likeness (QED) is 0.567. The maximum absolute atomic E-state index is 12.9. The molecule has 0 atom stereocenters. The van der Waals surface area contributed by atoms with Crippen molar-refractivity contribution >= 4 is 33.2 Å². The molecule has 1 aliphatic rings. The molecule has 2 aromatic rings. The van der Waals surface area contributed by atoms with Gasteiger partial charge in [0.25, 0.3) is 0 Å². The first-order chi connectivity index (χ1) is 14.9. The molecule has 0 saturated carbocycles. The van der Waals surface area contributed by atoms with Gasteiger partial charge < -0.3 is 14.8 Å². The number of sulfonamides is 1. The number of morpholine rings is 1. The molecule has 0 unspecified atom stereocenters. The highest BCUT2D eigenvalue weighted by Gasteiger charge is 2.28. The Morgan fingerprint density at radius 2 is 1.94 bits per heavy atom. The Kier molecular flexibility index (Phi) is 8.31. The summed E-state index contributed by atoms with van der Waals surface area (Å²) >= 11 is 6.15. The maximum Gasteiger partial charge on any atom is 0.244 e. The Bertz CT molecular complexity index is 1010. The predicted octanol–water partition coefficient (Wildman–Crippen LogP) is 3.86. The molecule has 9 heteroatoms. The number of benzene rings is 2. The summed E-state index contributed by atoms with van der Waals surface area (Å²) < 4.78 is 38.0. The maximum atomic E-state index is 12.9. The van der Waals surface area contributed by atoms with E-state index in [9.17, 15) is 13.2 Å². The van der Waals surface area contributed by atoms with Crippen LogP contribution in [0.2, 0.25) is 5.02 Å². The van der Waals surface area contributed by atoms with Crippen LogP contribution >= 0.6 is 11.6 Å². The standard InChI is InChI=1S/C22H27ClN2O5S/c1-17-5-4-6-19(15-17)30-12-3-2-7-22(26)24-18-8-9-20(23)21(16-18)31(27,28)25-10-13-29-14-11-25/h4-6,8-9,15-16H,2-3,7,10-14H2,1H3,(H,24,26). The zero-order valence-corrected chi connectivity index (χ0v) is 19.0. The lowest BCUT2D eigenvalue weighted by molar-refractivity contribution is -0.116. The Hall–Kier alpha value is -2.13. The van der Waals surface area contributed by atoms with Gasteiger partial charge >= 0.3 is 0 Å². The molecule has 31 heavy (non-hydrogen) atoms. The molecule has 2 aromatic carbocycles. The van der Waals surface area contributed by atoms with Crippen molar-refractivity contribution < 1.29 is 22.7 Å². The number of nitrogens with zero attached hydrogens (tertiary/aromatic N) is 1. The second-order valence-electron chi connectivity index (χ2n) is 7.33. The van der Waals surface area contributed by atoms with E-state index in [-0.39, 0.29) is 28.9 Å². The van der Waals surface area contributed by atoms with Crippen molar-refractivity contribution in [2.24, 2.45) is 0 Å². The van der Waals surface area contributed by atoms with E-state index in [1.807, 2.05) is 31.2 Å². The minimum absolute atomic E-state index is 0.0135. The van der Waals surface area contributed by atoms with E-state index in [4.69, 9.17) is 21.1 Å². The molecule has 168 valence electrons. The number of halogens is 1. The highest BCUT2D eigenvalue weighted by atomic mass is 35.5. The first-order valence-corrected chi connectivity index (χ1v) is 12.0. The number of hydrogen-bond acceptors (Lipinski definition) is 5. The SMILES string of the molecule is Cc1cccc(OCCCCC(=O)Nc2ccc(Cl)c(S(=O)(=O)N3CCOCC3)c2)c1. The van der Waals surface area contributed by atoms with Crippen LogP contribution in [0, 0.1) is 6.92 Å². The Labute approximate surface area is 188 Å². The molecule has 1 aliphatic heterocycles. The molecule has 0 bridgehead atoms. The predicted molar refractivity (Wildman–Crippen MR) is 120 cm³/mol. The second kappa shape index (κ2) is 10.9. The fourth-order valence-electron chi connectivity index (χ4n) is 3.21. The molecule has 1 amide bonds. The highest BCUT2D eigenvalue weighted by Crippen LogP contribution is 2.28. The molecule has 7 nitrogen and oxygen atoms in total. The monoisotopic (exact) mass is 466 g/mol. The van der Waals surface area contributed by atoms with Crippen molar-refractivity contribution in [1.29, 1.82) is 0 Å². The first kappa shape index (κ1) is 23.5. The fourth-order valence-corrected chi connectivity index (χ4v) is 5.12. The summed E-state index contributed by atoms with van der Waals surface area (Å²) in [5.41, 5.74) is 1.53. The molecule has 1 fully saturated rings. The summed E-state index contributed by atoms with van der Waals surface area (Å²) in [5.74, 6) is 0.632. The Balaban J connectivity index is 1.50. The average Bonchev–Trinajstić information content (AvgIpc) is 2.75. The summed E-state index contributed by atoms with van der Waals surface area (Å²) in [5, 5.41) is 2.88. The second-order valence-corrected chi connectivity index (χ2v) is 9.65. The van der Waals surface area contributed by atoms with Crippen molar-refractivity contribution in [2.75, 3.05) is 38.2 Å². The third-order valence-electron chi connectivity index (χ3n) is 4.86. The topological polar surface area (TPSA) is 84.9 Å². The van der Waals surface area contributed by atoms with Gasteiger partial charge in [-0.3, -0.25) is 4.79 Å². The lowest BCUT2D eigenvalue weighted by Crippen LogP contribution is -2.40. The van der Waals surface area contributed by atoms with Gasteiger partial charge in [0.2, 0.25) is 15.9 Å². The van der Waals surface area contributed by atoms with Crippen molar-refractivity contribution in [1.82, 2.24) is 4.31 Å². The summed E-state index contributed by atoms with van der Waals surface area (Å²) in [6, 6.07) is 12.3. The van der Waals surface area contributed by atoms with E-state index in [0.717, 1.165) is 17.7 Å². The summed E-state index contributed by atoms with van der Waals surface area (Å²) in [7, 11) is -3.75. The number of amides is 1. The molecule has 0 radical (unpaired) electrons. The van der Waals surface area contributed by atoms with Gasteiger partial charge in [0.05, 0.1) is 24.8 Å². The van der Waals surface area contributed by atoms with Gasteiger partial charge in [-0.1, -0.05) is 23.7 Å². The van der Waals surface area contributed by atoms with E-state index >= 15 is 0 Å². The van der Waals surface area contributed by atoms with Crippen LogP contribution in [0.15, 0.2) is 47.4 Å². The molecule has 1 N–H and O–H groups in total. The lowest BCUT2D eigenvalue weighted by Gasteiger charge is -2.26. The van der Waals surface area contributed by atoms with Crippen LogP contribution in [-0.4, -0.2) is 51.5 Å². The smallest absolute Gasteiger partial charge is 0.244 e. The normalized spacial score (nSPS) is 14.9. The largest absolute Gasteiger partial charge is 0.494 e. The summed E-state index contributed by atoms with van der Waals surface area (Å²) in [6.07, 6.45) is 1.70. The molecule has 0 aliphatic carbocycles. The molecule has 1 saturated heterocycles. The van der Waals surface area contributed by atoms with Crippen molar-refractivity contribution in [3.8, 4) is 5.75 Å². The summed E-state index contributed by atoms with van der Waals surface area (Å²) in [6.45, 7) is 3.78. The number of anilines is 1. The lowest BCUT2D eigenvalue weighted by atomic mass is 10.2. The number of aryl methyl sites for hydroxylation is 1. The number of carbonyl (C=O) groups excluding carboxylic acids is 1. The Morgan fingerprint density at radius 3 is 2.68 bits per heavy atom. The Morgan fingerprint density at radius 1 is 1.16 bits per heavy atom. The molecule has 0 spiro atoms. The van der Waals surface area contributed by atoms with Crippen molar-refractivity contribution in [3.05, 3.63) is 53.1 Å². The third-order valence-corrected chi connectivity index (χ3v) is 7.24. The fraction of sp³-hybridized carbons (Fsp3) is 0.409. The molecule has 3 rings (SSSR count). The third kappa shape index (κ3) is 6.67.